The zero-order valence-corrected chi connectivity index (χ0v) is 15.7. The fourth-order valence-electron chi connectivity index (χ4n) is 3.20. The molecule has 1 aromatic carbocycles. The largest absolute Gasteiger partial charge is 0.368 e. The Kier molecular flexibility index (Phi) is 5.23. The summed E-state index contributed by atoms with van der Waals surface area (Å²) in [6.45, 7) is 1.20. The van der Waals surface area contributed by atoms with E-state index in [4.69, 9.17) is 4.74 Å². The number of ether oxygens (including phenoxy) is 1. The van der Waals surface area contributed by atoms with Gasteiger partial charge in [0, 0.05) is 24.4 Å². The number of amides is 3. The number of aromatic nitrogens is 1. The van der Waals surface area contributed by atoms with E-state index in [1.165, 1.54) is 22.3 Å². The molecule has 2 N–H and O–H groups in total. The van der Waals surface area contributed by atoms with Crippen LogP contribution in [0.5, 0.6) is 0 Å². The molecule has 2 aromatic rings. The van der Waals surface area contributed by atoms with Crippen LogP contribution in [0.1, 0.15) is 23.4 Å². The summed E-state index contributed by atoms with van der Waals surface area (Å²) in [4.78, 5) is 31.3. The van der Waals surface area contributed by atoms with Gasteiger partial charge in [-0.15, -0.1) is 0 Å². The normalized spacial score (nSPS) is 18.6. The smallest absolute Gasteiger partial charge is 0.322 e. The molecule has 10 heteroatoms. The van der Waals surface area contributed by atoms with Crippen LogP contribution in [0.2, 0.25) is 0 Å². The van der Waals surface area contributed by atoms with Crippen molar-refractivity contribution in [2.45, 2.75) is 31.9 Å². The van der Waals surface area contributed by atoms with Crippen molar-refractivity contribution in [3.63, 3.8) is 0 Å². The summed E-state index contributed by atoms with van der Waals surface area (Å²) < 4.78 is 32.8. The molecule has 0 aliphatic carbocycles. The van der Waals surface area contributed by atoms with Crippen molar-refractivity contribution in [3.8, 4) is 0 Å². The van der Waals surface area contributed by atoms with Gasteiger partial charge < -0.3 is 15.0 Å². The molecule has 1 unspecified atom stereocenters. The predicted octanol–water partition coefficient (Wildman–Crippen LogP) is 3.13. The lowest BCUT2D eigenvalue weighted by molar-refractivity contribution is -0.124. The van der Waals surface area contributed by atoms with Crippen molar-refractivity contribution < 1.29 is 23.1 Å². The van der Waals surface area contributed by atoms with Gasteiger partial charge in [-0.3, -0.25) is 10.1 Å². The maximum absolute atomic E-state index is 13.7. The number of para-hydroxylation sites is 1. The average Bonchev–Trinajstić information content (AvgIpc) is 3.33. The van der Waals surface area contributed by atoms with Crippen molar-refractivity contribution in [2.75, 3.05) is 23.8 Å². The average molecular weight is 408 g/mol. The minimum atomic E-state index is -0.831. The topological polar surface area (TPSA) is 83.6 Å². The van der Waals surface area contributed by atoms with Crippen molar-refractivity contribution in [1.29, 1.82) is 0 Å². The summed E-state index contributed by atoms with van der Waals surface area (Å²) in [5.74, 6) is -1.88. The first kappa shape index (κ1) is 18.8. The van der Waals surface area contributed by atoms with Crippen molar-refractivity contribution in [1.82, 2.24) is 9.88 Å². The third kappa shape index (κ3) is 3.83. The molecule has 1 aromatic heterocycles. The molecule has 148 valence electrons. The number of halogens is 2. The number of carbonyl (C=O) groups excluding carboxylic acids is 2. The molecule has 3 amide bonds. The van der Waals surface area contributed by atoms with E-state index in [1.807, 2.05) is 0 Å². The molecule has 1 saturated heterocycles. The van der Waals surface area contributed by atoms with Crippen LogP contribution in [0.3, 0.4) is 0 Å². The summed E-state index contributed by atoms with van der Waals surface area (Å²) in [6, 6.07) is 2.81. The summed E-state index contributed by atoms with van der Waals surface area (Å²) in [6.07, 6.45) is 1.60. The van der Waals surface area contributed by atoms with E-state index in [9.17, 15) is 18.4 Å². The van der Waals surface area contributed by atoms with Crippen LogP contribution < -0.4 is 10.6 Å². The van der Waals surface area contributed by atoms with Crippen LogP contribution in [-0.4, -0.2) is 41.1 Å². The van der Waals surface area contributed by atoms with Gasteiger partial charge in [0.05, 0.1) is 12.2 Å². The Morgan fingerprint density at radius 1 is 1.25 bits per heavy atom. The van der Waals surface area contributed by atoms with Gasteiger partial charge in [-0.05, 0) is 25.0 Å². The molecule has 0 bridgehead atoms. The van der Waals surface area contributed by atoms with Crippen LogP contribution in [-0.2, 0) is 22.5 Å². The molecule has 1 fully saturated rings. The van der Waals surface area contributed by atoms with Crippen molar-refractivity contribution >= 4 is 34.1 Å². The minimum absolute atomic E-state index is 0.215. The molecule has 7 nitrogen and oxygen atoms in total. The highest BCUT2D eigenvalue weighted by atomic mass is 32.1. The fraction of sp³-hybridized carbons (Fsp3) is 0.389. The number of carbonyl (C=O) groups is 2. The molecule has 1 atom stereocenters. The second-order valence-electron chi connectivity index (χ2n) is 6.58. The zero-order chi connectivity index (χ0) is 19.7. The van der Waals surface area contributed by atoms with E-state index in [0.717, 1.165) is 29.1 Å². The van der Waals surface area contributed by atoms with Gasteiger partial charge in [0.15, 0.2) is 5.13 Å². The van der Waals surface area contributed by atoms with Crippen molar-refractivity contribution in [2.24, 2.45) is 0 Å². The Hall–Kier alpha value is -2.59. The maximum Gasteiger partial charge on any atom is 0.322 e. The lowest BCUT2D eigenvalue weighted by Crippen LogP contribution is -2.38. The van der Waals surface area contributed by atoms with Gasteiger partial charge in [-0.2, -0.15) is 0 Å². The van der Waals surface area contributed by atoms with Gasteiger partial charge in [0.25, 0.3) is 5.91 Å². The number of fused-ring (bicyclic) bond motifs is 1. The monoisotopic (exact) mass is 408 g/mol. The van der Waals surface area contributed by atoms with E-state index in [-0.39, 0.29) is 12.5 Å². The number of rotatable bonds is 3. The first-order valence-electron chi connectivity index (χ1n) is 8.92. The Balaban J connectivity index is 1.41. The Morgan fingerprint density at radius 2 is 2.04 bits per heavy atom. The predicted molar refractivity (Wildman–Crippen MR) is 99.2 cm³/mol. The van der Waals surface area contributed by atoms with E-state index >= 15 is 0 Å². The maximum atomic E-state index is 13.7. The van der Waals surface area contributed by atoms with Crippen LogP contribution in [0.4, 0.5) is 24.4 Å². The highest BCUT2D eigenvalue weighted by molar-refractivity contribution is 7.15. The number of nitrogens with zero attached hydrogens (tertiary/aromatic N) is 2. The van der Waals surface area contributed by atoms with E-state index in [1.54, 1.807) is 0 Å². The lowest BCUT2D eigenvalue weighted by Gasteiger charge is -2.26. The third-order valence-electron chi connectivity index (χ3n) is 4.67. The van der Waals surface area contributed by atoms with Gasteiger partial charge in [-0.25, -0.2) is 18.6 Å². The number of hydrogen-bond donors (Lipinski definition) is 2. The number of nitrogens with one attached hydrogen (secondary N) is 2. The first-order chi connectivity index (χ1) is 13.5. The second kappa shape index (κ2) is 7.80. The first-order valence-corrected chi connectivity index (χ1v) is 9.74. The molecule has 3 heterocycles. The number of hydrogen-bond acceptors (Lipinski definition) is 5. The summed E-state index contributed by atoms with van der Waals surface area (Å²) >= 11 is 1.29. The van der Waals surface area contributed by atoms with Gasteiger partial charge >= 0.3 is 6.03 Å². The highest BCUT2D eigenvalue weighted by Gasteiger charge is 2.28. The quantitative estimate of drug-likeness (QED) is 0.817. The number of thiazole rings is 1. The highest BCUT2D eigenvalue weighted by Crippen LogP contribution is 2.29. The summed E-state index contributed by atoms with van der Waals surface area (Å²) in [7, 11) is 0. The van der Waals surface area contributed by atoms with Crippen LogP contribution >= 0.6 is 11.3 Å². The van der Waals surface area contributed by atoms with Gasteiger partial charge in [-0.1, -0.05) is 17.4 Å². The van der Waals surface area contributed by atoms with Crippen molar-refractivity contribution in [3.05, 3.63) is 40.4 Å². The lowest BCUT2D eigenvalue weighted by atomic mass is 10.2. The van der Waals surface area contributed by atoms with Crippen LogP contribution in [0.25, 0.3) is 0 Å². The summed E-state index contributed by atoms with van der Waals surface area (Å²) in [5.41, 5.74) is 0.348. The molecule has 4 rings (SSSR count). The fourth-order valence-corrected chi connectivity index (χ4v) is 4.22. The number of anilines is 2. The third-order valence-corrected chi connectivity index (χ3v) is 5.66. The zero-order valence-electron chi connectivity index (χ0n) is 14.8. The molecule has 0 saturated carbocycles. The molecule has 0 radical (unpaired) electrons. The van der Waals surface area contributed by atoms with Gasteiger partial charge in [0.2, 0.25) is 0 Å². The molecule has 2 aliphatic heterocycles. The standard InChI is InChI=1S/C18H18F2N4O3S/c19-10-3-1-4-11(20)15(10)22-18(26)24-7-6-12-14(9-24)28-17(21-12)23-16(25)13-5-2-8-27-13/h1,3-4,13H,2,5-9H2,(H,22,26)(H,21,23,25). The molecule has 28 heavy (non-hydrogen) atoms. The number of benzene rings is 1. The number of urea groups is 1. The van der Waals surface area contributed by atoms with E-state index in [0.29, 0.717) is 31.1 Å². The van der Waals surface area contributed by atoms with E-state index in [2.05, 4.69) is 15.6 Å². The second-order valence-corrected chi connectivity index (χ2v) is 7.66. The van der Waals surface area contributed by atoms with E-state index < -0.39 is 29.5 Å². The summed E-state index contributed by atoms with van der Waals surface area (Å²) in [5, 5.41) is 5.52. The molecular formula is C18H18F2N4O3S. The Morgan fingerprint density at radius 3 is 2.75 bits per heavy atom. The minimum Gasteiger partial charge on any atom is -0.368 e. The Labute approximate surface area is 163 Å². The van der Waals surface area contributed by atoms with Crippen LogP contribution in [0.15, 0.2) is 18.2 Å². The molecular weight excluding hydrogens is 390 g/mol. The molecule has 0 spiro atoms. The molecule has 2 aliphatic rings. The van der Waals surface area contributed by atoms with Crippen LogP contribution in [0, 0.1) is 11.6 Å². The Bertz CT molecular complexity index is 894. The van der Waals surface area contributed by atoms with Gasteiger partial charge in [0.1, 0.15) is 23.4 Å². The SMILES string of the molecule is O=C(Nc1nc2c(s1)CN(C(=O)Nc1c(F)cccc1F)CC2)C1CCCO1.